The summed E-state index contributed by atoms with van der Waals surface area (Å²) >= 11 is 0. The van der Waals surface area contributed by atoms with Gasteiger partial charge in [0.2, 0.25) is 0 Å². The Labute approximate surface area is 162 Å². The van der Waals surface area contributed by atoms with Crippen molar-refractivity contribution in [3.8, 4) is 0 Å². The first-order valence-electron chi connectivity index (χ1n) is 9.18. The minimum atomic E-state index is -0.346. The average molecular weight is 375 g/mol. The van der Waals surface area contributed by atoms with Gasteiger partial charge in [0.15, 0.2) is 5.43 Å². The van der Waals surface area contributed by atoms with Gasteiger partial charge in [0.05, 0.1) is 17.6 Å². The van der Waals surface area contributed by atoms with Gasteiger partial charge in [-0.05, 0) is 55.3 Å². The van der Waals surface area contributed by atoms with E-state index in [4.69, 9.17) is 9.15 Å². The van der Waals surface area contributed by atoms with Crippen molar-refractivity contribution in [3.63, 3.8) is 0 Å². The lowest BCUT2D eigenvalue weighted by Gasteiger charge is -2.17. The number of aryl methyl sites for hydroxylation is 2. The van der Waals surface area contributed by atoms with Crippen molar-refractivity contribution in [2.75, 3.05) is 0 Å². The molecule has 0 saturated carbocycles. The molecule has 4 rings (SSSR count). The molecular formula is C23H21NO4. The zero-order valence-corrected chi connectivity index (χ0v) is 16.1. The van der Waals surface area contributed by atoms with E-state index in [2.05, 4.69) is 4.57 Å². The van der Waals surface area contributed by atoms with E-state index >= 15 is 0 Å². The summed E-state index contributed by atoms with van der Waals surface area (Å²) < 4.78 is 13.0. The molecule has 2 heterocycles. The van der Waals surface area contributed by atoms with Gasteiger partial charge in [-0.15, -0.1) is 0 Å². The third-order valence-electron chi connectivity index (χ3n) is 5.10. The van der Waals surface area contributed by atoms with E-state index in [1.165, 1.54) is 6.92 Å². The van der Waals surface area contributed by atoms with Gasteiger partial charge < -0.3 is 13.7 Å². The molecule has 0 atom stereocenters. The molecule has 0 amide bonds. The molecule has 0 radical (unpaired) electrons. The molecule has 4 aromatic rings. The number of rotatable bonds is 4. The van der Waals surface area contributed by atoms with Gasteiger partial charge in [0.1, 0.15) is 18.1 Å². The maximum atomic E-state index is 13.0. The van der Waals surface area contributed by atoms with Crippen LogP contribution in [-0.4, -0.2) is 10.5 Å². The number of furan rings is 1. The zero-order valence-electron chi connectivity index (χ0n) is 16.1. The zero-order chi connectivity index (χ0) is 19.8. The summed E-state index contributed by atoms with van der Waals surface area (Å²) in [6.45, 7) is 6.04. The number of esters is 1. The predicted octanol–water partition coefficient (Wildman–Crippen LogP) is 4.48. The predicted molar refractivity (Wildman–Crippen MR) is 108 cm³/mol. The van der Waals surface area contributed by atoms with Gasteiger partial charge in [-0.3, -0.25) is 9.59 Å². The fraction of sp³-hybridized carbons (Fsp3) is 0.217. The molecule has 0 saturated heterocycles. The molecule has 28 heavy (non-hydrogen) atoms. The summed E-state index contributed by atoms with van der Waals surface area (Å²) in [5.41, 5.74) is 4.03. The Kier molecular flexibility index (Phi) is 4.51. The van der Waals surface area contributed by atoms with E-state index in [9.17, 15) is 9.59 Å². The molecule has 0 aliphatic heterocycles. The smallest absolute Gasteiger partial charge is 0.303 e. The van der Waals surface area contributed by atoms with Crippen LogP contribution in [0.2, 0.25) is 0 Å². The number of hydrogen-bond acceptors (Lipinski definition) is 4. The van der Waals surface area contributed by atoms with Gasteiger partial charge in [-0.25, -0.2) is 0 Å². The van der Waals surface area contributed by atoms with Crippen LogP contribution in [0.1, 0.15) is 29.6 Å². The SMILES string of the molecule is CC(=O)OCc1ccc(Cn2c3ccccc3c(=O)c3ccc(C)c(C)c32)o1. The van der Waals surface area contributed by atoms with Crippen LogP contribution >= 0.6 is 0 Å². The third kappa shape index (κ3) is 3.09. The van der Waals surface area contributed by atoms with Crippen LogP contribution in [0.3, 0.4) is 0 Å². The average Bonchev–Trinajstić information content (AvgIpc) is 3.13. The second-order valence-electron chi connectivity index (χ2n) is 6.98. The van der Waals surface area contributed by atoms with Gasteiger partial charge >= 0.3 is 5.97 Å². The van der Waals surface area contributed by atoms with E-state index in [0.717, 1.165) is 27.9 Å². The second-order valence-corrected chi connectivity index (χ2v) is 6.98. The van der Waals surface area contributed by atoms with E-state index in [-0.39, 0.29) is 18.0 Å². The minimum Gasteiger partial charge on any atom is -0.461 e. The number of benzene rings is 2. The van der Waals surface area contributed by atoms with Gasteiger partial charge in [-0.2, -0.15) is 0 Å². The highest BCUT2D eigenvalue weighted by atomic mass is 16.5. The molecule has 5 heteroatoms. The van der Waals surface area contributed by atoms with Crippen molar-refractivity contribution in [1.29, 1.82) is 0 Å². The van der Waals surface area contributed by atoms with Crippen LogP contribution in [0.25, 0.3) is 21.8 Å². The van der Waals surface area contributed by atoms with E-state index in [1.54, 1.807) is 0 Å². The summed E-state index contributed by atoms with van der Waals surface area (Å²) in [6, 6.07) is 15.2. The first-order valence-corrected chi connectivity index (χ1v) is 9.18. The molecule has 5 nitrogen and oxygen atoms in total. The van der Waals surface area contributed by atoms with Crippen molar-refractivity contribution in [1.82, 2.24) is 4.57 Å². The van der Waals surface area contributed by atoms with E-state index in [0.29, 0.717) is 23.1 Å². The first kappa shape index (κ1) is 18.0. The van der Waals surface area contributed by atoms with Crippen LogP contribution in [0, 0.1) is 13.8 Å². The number of para-hydroxylation sites is 1. The van der Waals surface area contributed by atoms with E-state index < -0.39 is 0 Å². The van der Waals surface area contributed by atoms with Crippen molar-refractivity contribution >= 4 is 27.8 Å². The molecule has 142 valence electrons. The summed E-state index contributed by atoms with van der Waals surface area (Å²) in [5.74, 6) is 0.979. The largest absolute Gasteiger partial charge is 0.461 e. The summed E-state index contributed by atoms with van der Waals surface area (Å²) in [5, 5.41) is 1.39. The number of pyridine rings is 1. The maximum absolute atomic E-state index is 13.0. The molecule has 2 aromatic carbocycles. The third-order valence-corrected chi connectivity index (χ3v) is 5.10. The molecule has 0 unspecified atom stereocenters. The molecule has 0 aliphatic rings. The van der Waals surface area contributed by atoms with Gasteiger partial charge in [0.25, 0.3) is 0 Å². The number of aromatic nitrogens is 1. The van der Waals surface area contributed by atoms with Crippen molar-refractivity contribution < 1.29 is 13.9 Å². The summed E-state index contributed by atoms with van der Waals surface area (Å²) in [6.07, 6.45) is 0. The fourth-order valence-electron chi connectivity index (χ4n) is 3.58. The normalized spacial score (nSPS) is 11.2. The Morgan fingerprint density at radius 1 is 1.00 bits per heavy atom. The Morgan fingerprint density at radius 2 is 1.75 bits per heavy atom. The highest BCUT2D eigenvalue weighted by Crippen LogP contribution is 2.25. The number of fused-ring (bicyclic) bond motifs is 2. The quantitative estimate of drug-likeness (QED) is 0.390. The number of hydrogen-bond donors (Lipinski definition) is 0. The monoisotopic (exact) mass is 375 g/mol. The number of nitrogens with zero attached hydrogens (tertiary/aromatic N) is 1. The molecule has 2 aromatic heterocycles. The van der Waals surface area contributed by atoms with Gasteiger partial charge in [-0.1, -0.05) is 18.2 Å². The topological polar surface area (TPSA) is 61.4 Å². The standard InChI is InChI=1S/C23H21NO4/c1-14-8-11-20-22(15(14)2)24(21-7-5-4-6-19(21)23(20)26)12-17-9-10-18(28-17)13-27-16(3)25/h4-11H,12-13H2,1-3H3. The lowest BCUT2D eigenvalue weighted by molar-refractivity contribution is -0.142. The fourth-order valence-corrected chi connectivity index (χ4v) is 3.58. The summed E-state index contributed by atoms with van der Waals surface area (Å²) in [7, 11) is 0. The molecule has 0 N–H and O–H groups in total. The van der Waals surface area contributed by atoms with Crippen LogP contribution in [0.15, 0.2) is 57.7 Å². The van der Waals surface area contributed by atoms with Crippen LogP contribution < -0.4 is 5.43 Å². The highest BCUT2D eigenvalue weighted by molar-refractivity contribution is 5.95. The Morgan fingerprint density at radius 3 is 2.54 bits per heavy atom. The Hall–Kier alpha value is -3.34. The molecule has 0 bridgehead atoms. The lowest BCUT2D eigenvalue weighted by Crippen LogP contribution is -2.13. The number of carbonyl (C=O) groups is 1. The molecule has 0 fully saturated rings. The molecule has 0 spiro atoms. The number of carbonyl (C=O) groups excluding carboxylic acids is 1. The van der Waals surface area contributed by atoms with E-state index in [1.807, 2.05) is 62.4 Å². The Bertz CT molecular complexity index is 1260. The number of ether oxygens (including phenoxy) is 1. The van der Waals surface area contributed by atoms with Crippen molar-refractivity contribution in [2.24, 2.45) is 0 Å². The second kappa shape index (κ2) is 7.00. The maximum Gasteiger partial charge on any atom is 0.303 e. The van der Waals surface area contributed by atoms with Crippen molar-refractivity contribution in [2.45, 2.75) is 33.9 Å². The first-order chi connectivity index (χ1) is 13.5. The van der Waals surface area contributed by atoms with Crippen LogP contribution in [0.5, 0.6) is 0 Å². The minimum absolute atomic E-state index is 0.0416. The van der Waals surface area contributed by atoms with Crippen LogP contribution in [0.4, 0.5) is 0 Å². The van der Waals surface area contributed by atoms with Crippen molar-refractivity contribution in [3.05, 3.63) is 81.4 Å². The highest BCUT2D eigenvalue weighted by Gasteiger charge is 2.15. The molecule has 0 aliphatic carbocycles. The lowest BCUT2D eigenvalue weighted by atomic mass is 10.0. The Balaban J connectivity index is 1.90. The van der Waals surface area contributed by atoms with Gasteiger partial charge in [0, 0.05) is 17.7 Å². The van der Waals surface area contributed by atoms with Crippen LogP contribution in [-0.2, 0) is 22.7 Å². The molecular weight excluding hydrogens is 354 g/mol. The summed E-state index contributed by atoms with van der Waals surface area (Å²) in [4.78, 5) is 24.0.